The molecule has 2 aliphatic carbocycles. The highest BCUT2D eigenvalue weighted by molar-refractivity contribution is 6.00. The average molecular weight is 474 g/mol. The standard InChI is InChI=1S/C23H22N10O2/c1-25-21(35)18-14(10-16(29-30-18)27-20(34)12-6-7-12)26-13-4-3-5-15-19(13)32(2)23(8-9-23)22-28-17(11-24)31-33(15)22/h3-5,10,12H,6-9H2,1-2H3,(H,25,35)(H2,26,27,29,34)/i1D3. The lowest BCUT2D eigenvalue weighted by Gasteiger charge is -2.37. The van der Waals surface area contributed by atoms with Crippen LogP contribution in [0.2, 0.25) is 0 Å². The summed E-state index contributed by atoms with van der Waals surface area (Å²) in [6, 6.07) is 8.88. The molecule has 1 aliphatic heterocycles. The lowest BCUT2D eigenvalue weighted by Crippen LogP contribution is -2.39. The lowest BCUT2D eigenvalue weighted by molar-refractivity contribution is -0.117. The molecule has 0 bridgehead atoms. The summed E-state index contributed by atoms with van der Waals surface area (Å²) in [7, 11) is 1.93. The van der Waals surface area contributed by atoms with Gasteiger partial charge >= 0.3 is 0 Å². The van der Waals surface area contributed by atoms with Gasteiger partial charge in [0.25, 0.3) is 11.7 Å². The summed E-state index contributed by atoms with van der Waals surface area (Å²) in [6.07, 6.45) is 3.24. The molecule has 1 aromatic carbocycles. The van der Waals surface area contributed by atoms with Crippen molar-refractivity contribution in [2.24, 2.45) is 5.92 Å². The van der Waals surface area contributed by atoms with Crippen molar-refractivity contribution in [3.05, 3.63) is 41.6 Å². The smallest absolute Gasteiger partial charge is 0.273 e. The van der Waals surface area contributed by atoms with Crippen LogP contribution in [0.15, 0.2) is 24.3 Å². The maximum absolute atomic E-state index is 12.8. The van der Waals surface area contributed by atoms with Gasteiger partial charge in [-0.05, 0) is 37.8 Å². The zero-order chi connectivity index (χ0) is 26.8. The number of anilines is 4. The second-order valence-electron chi connectivity index (χ2n) is 8.88. The van der Waals surface area contributed by atoms with E-state index in [-0.39, 0.29) is 34.8 Å². The predicted octanol–water partition coefficient (Wildman–Crippen LogP) is 1.82. The fourth-order valence-corrected chi connectivity index (χ4v) is 4.52. The number of hydrogen-bond acceptors (Lipinski definition) is 9. The van der Waals surface area contributed by atoms with Crippen molar-refractivity contribution in [1.82, 2.24) is 30.3 Å². The topological polar surface area (TPSA) is 154 Å². The highest BCUT2D eigenvalue weighted by atomic mass is 16.2. The van der Waals surface area contributed by atoms with E-state index in [4.69, 9.17) is 4.11 Å². The second kappa shape index (κ2) is 7.49. The molecule has 12 nitrogen and oxygen atoms in total. The van der Waals surface area contributed by atoms with Gasteiger partial charge in [-0.3, -0.25) is 9.59 Å². The predicted molar refractivity (Wildman–Crippen MR) is 125 cm³/mol. The monoisotopic (exact) mass is 473 g/mol. The molecule has 0 radical (unpaired) electrons. The van der Waals surface area contributed by atoms with Crippen molar-refractivity contribution in [3.63, 3.8) is 0 Å². The van der Waals surface area contributed by atoms with Crippen LogP contribution in [0.4, 0.5) is 22.9 Å². The third kappa shape index (κ3) is 3.27. The number of nitrogens with zero attached hydrogens (tertiary/aromatic N) is 7. The highest BCUT2D eigenvalue weighted by Crippen LogP contribution is 2.57. The van der Waals surface area contributed by atoms with E-state index >= 15 is 0 Å². The number of benzene rings is 1. The normalized spacial score (nSPS) is 18.3. The molecule has 0 atom stereocenters. The number of carbonyl (C=O) groups is 2. The van der Waals surface area contributed by atoms with Crippen molar-refractivity contribution in [2.75, 3.05) is 29.6 Å². The van der Waals surface area contributed by atoms with Crippen molar-refractivity contribution < 1.29 is 13.7 Å². The van der Waals surface area contributed by atoms with Crippen molar-refractivity contribution in [3.8, 4) is 11.8 Å². The Morgan fingerprint density at radius 3 is 2.80 bits per heavy atom. The van der Waals surface area contributed by atoms with Crippen LogP contribution in [0.5, 0.6) is 0 Å². The average Bonchev–Trinajstić information content (AvgIpc) is 3.79. The van der Waals surface area contributed by atoms with E-state index in [2.05, 4.69) is 35.8 Å². The van der Waals surface area contributed by atoms with Crippen LogP contribution in [0.1, 0.15) is 51.9 Å². The van der Waals surface area contributed by atoms with Crippen LogP contribution in [-0.4, -0.2) is 50.8 Å². The number of para-hydroxylation sites is 1. The van der Waals surface area contributed by atoms with Gasteiger partial charge in [-0.15, -0.1) is 15.3 Å². The van der Waals surface area contributed by atoms with Crippen LogP contribution >= 0.6 is 0 Å². The van der Waals surface area contributed by atoms with E-state index < -0.39 is 18.4 Å². The molecule has 12 heteroatoms. The second-order valence-corrected chi connectivity index (χ2v) is 8.88. The summed E-state index contributed by atoms with van der Waals surface area (Å²) >= 11 is 0. The van der Waals surface area contributed by atoms with E-state index in [0.717, 1.165) is 31.4 Å². The Hall–Kier alpha value is -4.53. The van der Waals surface area contributed by atoms with Gasteiger partial charge in [0.2, 0.25) is 5.91 Å². The van der Waals surface area contributed by atoms with E-state index in [1.165, 1.54) is 6.07 Å². The van der Waals surface area contributed by atoms with Gasteiger partial charge < -0.3 is 20.9 Å². The van der Waals surface area contributed by atoms with Crippen LogP contribution in [0.25, 0.3) is 5.69 Å². The van der Waals surface area contributed by atoms with Gasteiger partial charge in [-0.2, -0.15) is 10.2 Å². The zero-order valence-corrected chi connectivity index (χ0v) is 18.7. The van der Waals surface area contributed by atoms with E-state index in [1.807, 2.05) is 24.5 Å². The minimum absolute atomic E-state index is 0.0730. The third-order valence-electron chi connectivity index (χ3n) is 6.66. The SMILES string of the molecule is [2H]C([2H])([2H])NC(=O)c1nnc(NC(=O)C2CC2)cc1Nc1cccc2c1N(C)C1(CC1)c1nc(C#N)nn1-2. The van der Waals surface area contributed by atoms with Crippen LogP contribution in [0, 0.1) is 17.2 Å². The molecule has 0 unspecified atom stereocenters. The quantitative estimate of drug-likeness (QED) is 0.503. The number of nitrogens with one attached hydrogen (secondary N) is 3. The first kappa shape index (κ1) is 17.9. The maximum atomic E-state index is 12.8. The molecule has 2 amide bonds. The van der Waals surface area contributed by atoms with Gasteiger partial charge in [0.05, 0.1) is 22.7 Å². The summed E-state index contributed by atoms with van der Waals surface area (Å²) in [5.74, 6) is -0.327. The van der Waals surface area contributed by atoms with Crippen LogP contribution < -0.4 is 20.9 Å². The third-order valence-corrected chi connectivity index (χ3v) is 6.66. The summed E-state index contributed by atoms with van der Waals surface area (Å²) in [4.78, 5) is 31.6. The van der Waals surface area contributed by atoms with E-state index in [9.17, 15) is 14.9 Å². The minimum atomic E-state index is -2.73. The van der Waals surface area contributed by atoms with Gasteiger partial charge in [0, 0.05) is 30.1 Å². The minimum Gasteiger partial charge on any atom is -0.358 e. The molecule has 6 rings (SSSR count). The molecule has 0 saturated heterocycles. The van der Waals surface area contributed by atoms with Gasteiger partial charge in [0.1, 0.15) is 11.6 Å². The molecule has 1 spiro atoms. The summed E-state index contributed by atoms with van der Waals surface area (Å²) in [5, 5.41) is 29.5. The Kier molecular flexibility index (Phi) is 3.83. The Labute approximate surface area is 204 Å². The Morgan fingerprint density at radius 2 is 2.09 bits per heavy atom. The Bertz CT molecular complexity index is 1540. The summed E-state index contributed by atoms with van der Waals surface area (Å²) in [5.41, 5.74) is 1.48. The number of fused-ring (bicyclic) bond motifs is 4. The molecule has 3 heterocycles. The number of aromatic nitrogens is 5. The molecule has 2 aromatic heterocycles. The molecule has 2 fully saturated rings. The molecule has 3 N–H and O–H groups in total. The Morgan fingerprint density at radius 1 is 1.26 bits per heavy atom. The lowest BCUT2D eigenvalue weighted by atomic mass is 10.1. The van der Waals surface area contributed by atoms with Crippen molar-refractivity contribution in [1.29, 1.82) is 5.26 Å². The fourth-order valence-electron chi connectivity index (χ4n) is 4.52. The molecular weight excluding hydrogens is 448 g/mol. The molecule has 3 aliphatic rings. The van der Waals surface area contributed by atoms with Gasteiger partial charge in [-0.1, -0.05) is 6.07 Å². The van der Waals surface area contributed by atoms with Crippen LogP contribution in [-0.2, 0) is 10.3 Å². The maximum Gasteiger partial charge on any atom is 0.273 e. The first-order valence-electron chi connectivity index (χ1n) is 12.6. The van der Waals surface area contributed by atoms with E-state index in [0.29, 0.717) is 17.2 Å². The zero-order valence-electron chi connectivity index (χ0n) is 21.7. The first-order chi connectivity index (χ1) is 18.1. The molecule has 3 aromatic rings. The largest absolute Gasteiger partial charge is 0.358 e. The number of carbonyl (C=O) groups excluding carboxylic acids is 2. The fraction of sp³-hybridized carbons (Fsp3) is 0.348. The highest BCUT2D eigenvalue weighted by Gasteiger charge is 2.55. The molecule has 35 heavy (non-hydrogen) atoms. The van der Waals surface area contributed by atoms with Crippen molar-refractivity contribution in [2.45, 2.75) is 31.2 Å². The molecule has 2 saturated carbocycles. The number of amides is 2. The number of nitriles is 1. The first-order valence-corrected chi connectivity index (χ1v) is 11.1. The van der Waals surface area contributed by atoms with Crippen molar-refractivity contribution >= 4 is 34.7 Å². The van der Waals surface area contributed by atoms with Crippen LogP contribution in [0.3, 0.4) is 0 Å². The van der Waals surface area contributed by atoms with E-state index in [1.54, 1.807) is 16.8 Å². The number of hydrogen-bond donors (Lipinski definition) is 3. The van der Waals surface area contributed by atoms with Gasteiger partial charge in [-0.25, -0.2) is 4.68 Å². The van der Waals surface area contributed by atoms with Gasteiger partial charge in [0.15, 0.2) is 17.3 Å². The Balaban J connectivity index is 1.43. The molecular formula is C23H22N10O2. The summed E-state index contributed by atoms with van der Waals surface area (Å²) in [6.45, 7) is -2.73. The summed E-state index contributed by atoms with van der Waals surface area (Å²) < 4.78 is 23.9. The molecule has 176 valence electrons. The number of rotatable bonds is 5.